The van der Waals surface area contributed by atoms with Crippen molar-refractivity contribution < 1.29 is 8.63 Å². The molecule has 4 nitrogen and oxygen atoms in total. The Hall–Kier alpha value is -1.62. The third-order valence-corrected chi connectivity index (χ3v) is 2.85. The standard InChI is InChI=1S/C12H14N2O2S/c1-9-13-10(8-17(2,3)15)7-11(14-9)12-5-4-6-16-12/h4-8H,1-3H3. The molecule has 2 rings (SSSR count). The number of nitrogens with zero attached hydrogens (tertiary/aromatic N) is 2. The van der Waals surface area contributed by atoms with Gasteiger partial charge in [-0.1, -0.05) is 0 Å². The van der Waals surface area contributed by atoms with E-state index in [2.05, 4.69) is 9.97 Å². The fourth-order valence-corrected chi connectivity index (χ4v) is 2.19. The summed E-state index contributed by atoms with van der Waals surface area (Å²) >= 11 is 0. The molecule has 5 heteroatoms. The Bertz CT molecular complexity index is 631. The molecule has 0 radical (unpaired) electrons. The van der Waals surface area contributed by atoms with Crippen LogP contribution in [0.2, 0.25) is 0 Å². The van der Waals surface area contributed by atoms with Crippen LogP contribution in [0.1, 0.15) is 11.5 Å². The molecule has 0 fully saturated rings. The average molecular weight is 250 g/mol. The fourth-order valence-electron chi connectivity index (χ4n) is 1.49. The third kappa shape index (κ3) is 3.17. The molecule has 2 aromatic heterocycles. The summed E-state index contributed by atoms with van der Waals surface area (Å²) in [7, 11) is -1.98. The zero-order valence-electron chi connectivity index (χ0n) is 10.0. The molecule has 0 aliphatic rings. The molecule has 17 heavy (non-hydrogen) atoms. The lowest BCUT2D eigenvalue weighted by Gasteiger charge is -2.02. The van der Waals surface area contributed by atoms with Crippen molar-refractivity contribution in [3.63, 3.8) is 0 Å². The monoisotopic (exact) mass is 250 g/mol. The Morgan fingerprint density at radius 2 is 2.12 bits per heavy atom. The molecule has 0 saturated heterocycles. The topological polar surface area (TPSA) is 56.0 Å². The van der Waals surface area contributed by atoms with E-state index < -0.39 is 9.52 Å². The van der Waals surface area contributed by atoms with Crippen LogP contribution < -0.4 is 0 Å². The molecular formula is C12H14N2O2S. The zero-order valence-corrected chi connectivity index (χ0v) is 10.8. The largest absolute Gasteiger partial charge is 0.463 e. The second-order valence-electron chi connectivity index (χ2n) is 4.13. The van der Waals surface area contributed by atoms with Gasteiger partial charge in [-0.15, -0.1) is 0 Å². The summed E-state index contributed by atoms with van der Waals surface area (Å²) in [6.45, 7) is 1.80. The van der Waals surface area contributed by atoms with Gasteiger partial charge in [0.2, 0.25) is 0 Å². The molecule has 0 aromatic carbocycles. The molecule has 0 unspecified atom stereocenters. The van der Waals surface area contributed by atoms with Gasteiger partial charge >= 0.3 is 0 Å². The quantitative estimate of drug-likeness (QED) is 0.762. The Morgan fingerprint density at radius 1 is 1.35 bits per heavy atom. The number of hydrogen-bond donors (Lipinski definition) is 0. The van der Waals surface area contributed by atoms with E-state index in [1.54, 1.807) is 43.2 Å². The van der Waals surface area contributed by atoms with E-state index in [-0.39, 0.29) is 0 Å². The normalized spacial score (nSPS) is 11.5. The van der Waals surface area contributed by atoms with E-state index in [0.717, 1.165) is 0 Å². The van der Waals surface area contributed by atoms with Crippen molar-refractivity contribution in [1.29, 1.82) is 0 Å². The maximum absolute atomic E-state index is 11.7. The van der Waals surface area contributed by atoms with Gasteiger partial charge in [0.05, 0.1) is 12.0 Å². The Labute approximate surface area is 101 Å². The van der Waals surface area contributed by atoms with Gasteiger partial charge in [-0.25, -0.2) is 9.97 Å². The number of furan rings is 1. The van der Waals surface area contributed by atoms with Gasteiger partial charge in [0, 0.05) is 17.9 Å². The highest BCUT2D eigenvalue weighted by molar-refractivity contribution is 8.00. The van der Waals surface area contributed by atoms with E-state index in [1.807, 2.05) is 6.07 Å². The molecule has 0 atom stereocenters. The maximum atomic E-state index is 11.7. The summed E-state index contributed by atoms with van der Waals surface area (Å²) in [5.41, 5.74) is 1.37. The number of aryl methyl sites for hydroxylation is 1. The molecular weight excluding hydrogens is 236 g/mol. The molecule has 0 aliphatic heterocycles. The molecule has 0 amide bonds. The van der Waals surface area contributed by atoms with E-state index >= 15 is 0 Å². The minimum atomic E-state index is -1.98. The van der Waals surface area contributed by atoms with Crippen molar-refractivity contribution in [3.8, 4) is 11.5 Å². The van der Waals surface area contributed by atoms with Crippen LogP contribution in [0.15, 0.2) is 28.9 Å². The van der Waals surface area contributed by atoms with Crippen LogP contribution in [0.3, 0.4) is 0 Å². The Balaban J connectivity index is 2.55. The second kappa shape index (κ2) is 4.33. The first-order valence-corrected chi connectivity index (χ1v) is 7.56. The Morgan fingerprint density at radius 3 is 2.71 bits per heavy atom. The van der Waals surface area contributed by atoms with Crippen molar-refractivity contribution in [3.05, 3.63) is 36.0 Å². The van der Waals surface area contributed by atoms with Crippen LogP contribution in [-0.2, 0) is 9.52 Å². The molecule has 2 heterocycles. The first-order chi connectivity index (χ1) is 7.94. The lowest BCUT2D eigenvalue weighted by Crippen LogP contribution is -2.03. The lowest BCUT2D eigenvalue weighted by atomic mass is 10.3. The minimum Gasteiger partial charge on any atom is -0.463 e. The van der Waals surface area contributed by atoms with E-state index in [9.17, 15) is 4.21 Å². The molecule has 0 saturated carbocycles. The van der Waals surface area contributed by atoms with E-state index in [1.165, 1.54) is 0 Å². The molecule has 0 bridgehead atoms. The van der Waals surface area contributed by atoms with Crippen LogP contribution >= 0.6 is 0 Å². The van der Waals surface area contributed by atoms with Gasteiger partial charge in [-0.2, -0.15) is 0 Å². The highest BCUT2D eigenvalue weighted by Gasteiger charge is 2.06. The highest BCUT2D eigenvalue weighted by Crippen LogP contribution is 2.17. The summed E-state index contributed by atoms with van der Waals surface area (Å²) < 4.78 is 17.0. The van der Waals surface area contributed by atoms with Gasteiger partial charge in [0.15, 0.2) is 5.76 Å². The smallest absolute Gasteiger partial charge is 0.152 e. The zero-order chi connectivity index (χ0) is 12.5. The van der Waals surface area contributed by atoms with Gasteiger partial charge in [0.1, 0.15) is 11.5 Å². The second-order valence-corrected chi connectivity index (χ2v) is 6.98. The molecule has 2 aromatic rings. The number of hydrogen-bond acceptors (Lipinski definition) is 4. The first kappa shape index (κ1) is 11.9. The fraction of sp³-hybridized carbons (Fsp3) is 0.250. The lowest BCUT2D eigenvalue weighted by molar-refractivity contribution is 0.579. The van der Waals surface area contributed by atoms with Gasteiger partial charge in [0.25, 0.3) is 0 Å². The molecule has 0 aliphatic carbocycles. The van der Waals surface area contributed by atoms with Crippen molar-refractivity contribution in [2.45, 2.75) is 6.92 Å². The van der Waals surface area contributed by atoms with Gasteiger partial charge < -0.3 is 4.42 Å². The van der Waals surface area contributed by atoms with E-state index in [4.69, 9.17) is 4.42 Å². The highest BCUT2D eigenvalue weighted by atomic mass is 32.2. The summed E-state index contributed by atoms with van der Waals surface area (Å²) in [6, 6.07) is 5.41. The predicted molar refractivity (Wildman–Crippen MR) is 69.6 cm³/mol. The summed E-state index contributed by atoms with van der Waals surface area (Å²) in [4.78, 5) is 8.53. The minimum absolute atomic E-state index is 0.633. The molecule has 0 N–H and O–H groups in total. The molecule has 0 spiro atoms. The average Bonchev–Trinajstić information content (AvgIpc) is 2.65. The SMILES string of the molecule is Cc1nc(C=S(C)(C)=O)cc(-c2ccco2)n1. The number of aromatic nitrogens is 2. The van der Waals surface area contributed by atoms with E-state index in [0.29, 0.717) is 23.0 Å². The van der Waals surface area contributed by atoms with Crippen LogP contribution in [0.25, 0.3) is 11.5 Å². The molecule has 90 valence electrons. The third-order valence-electron chi connectivity index (χ3n) is 2.04. The summed E-state index contributed by atoms with van der Waals surface area (Å²) in [6.07, 6.45) is 4.95. The van der Waals surface area contributed by atoms with Crippen LogP contribution in [0.5, 0.6) is 0 Å². The van der Waals surface area contributed by atoms with Crippen LogP contribution in [0.4, 0.5) is 0 Å². The van der Waals surface area contributed by atoms with Gasteiger partial charge in [-0.05, 0) is 34.6 Å². The Kier molecular flexibility index (Phi) is 3.02. The van der Waals surface area contributed by atoms with Crippen molar-refractivity contribution in [2.24, 2.45) is 0 Å². The first-order valence-electron chi connectivity index (χ1n) is 5.12. The van der Waals surface area contributed by atoms with Crippen LogP contribution in [-0.4, -0.2) is 32.1 Å². The van der Waals surface area contributed by atoms with Crippen LogP contribution in [0, 0.1) is 6.92 Å². The van der Waals surface area contributed by atoms with Crippen molar-refractivity contribution >= 4 is 14.9 Å². The summed E-state index contributed by atoms with van der Waals surface area (Å²) in [5.74, 6) is 1.32. The summed E-state index contributed by atoms with van der Waals surface area (Å²) in [5, 5.41) is 1.66. The predicted octanol–water partition coefficient (Wildman–Crippen LogP) is 1.74. The van der Waals surface area contributed by atoms with Crippen molar-refractivity contribution in [1.82, 2.24) is 9.97 Å². The number of rotatable bonds is 2. The van der Waals surface area contributed by atoms with Crippen molar-refractivity contribution in [2.75, 3.05) is 12.5 Å². The van der Waals surface area contributed by atoms with Gasteiger partial charge in [-0.3, -0.25) is 4.21 Å². The maximum Gasteiger partial charge on any atom is 0.152 e.